The molecular formula is C15H21NO2. The highest BCUT2D eigenvalue weighted by Crippen LogP contribution is 2.44. The molecular weight excluding hydrogens is 226 g/mol. The van der Waals surface area contributed by atoms with Gasteiger partial charge in [0, 0.05) is 13.1 Å². The molecule has 98 valence electrons. The number of rotatable bonds is 1. The number of nitrogens with zero attached hydrogens (tertiary/aromatic N) is 1. The highest BCUT2D eigenvalue weighted by molar-refractivity contribution is 5.93. The topological polar surface area (TPSA) is 33.5 Å². The van der Waals surface area contributed by atoms with Gasteiger partial charge < -0.3 is 9.32 Å². The summed E-state index contributed by atoms with van der Waals surface area (Å²) >= 11 is 0. The summed E-state index contributed by atoms with van der Waals surface area (Å²) in [6.07, 6.45) is 12.4. The first-order valence-corrected chi connectivity index (χ1v) is 7.11. The Bertz CT molecular complexity index is 394. The van der Waals surface area contributed by atoms with Crippen molar-refractivity contribution in [1.82, 2.24) is 4.90 Å². The van der Waals surface area contributed by atoms with Crippen LogP contribution in [0.3, 0.4) is 0 Å². The van der Waals surface area contributed by atoms with E-state index in [0.717, 1.165) is 13.1 Å². The Balaban J connectivity index is 1.61. The van der Waals surface area contributed by atoms with Gasteiger partial charge in [-0.15, -0.1) is 0 Å². The van der Waals surface area contributed by atoms with Crippen LogP contribution in [0.25, 0.3) is 0 Å². The first-order chi connectivity index (χ1) is 8.79. The molecule has 18 heavy (non-hydrogen) atoms. The van der Waals surface area contributed by atoms with Gasteiger partial charge in [-0.2, -0.15) is 0 Å². The summed E-state index contributed by atoms with van der Waals surface area (Å²) in [5.41, 5.74) is 1.25. The summed E-state index contributed by atoms with van der Waals surface area (Å²) in [5, 5.41) is 0. The normalized spacial score (nSPS) is 23.2. The van der Waals surface area contributed by atoms with Gasteiger partial charge in [0.25, 0.3) is 5.91 Å². The molecule has 1 amide bonds. The van der Waals surface area contributed by atoms with Gasteiger partial charge in [-0.1, -0.05) is 19.3 Å². The van der Waals surface area contributed by atoms with E-state index in [0.29, 0.717) is 11.0 Å². The molecule has 3 heteroatoms. The molecule has 2 aliphatic rings. The van der Waals surface area contributed by atoms with E-state index in [1.165, 1.54) is 44.9 Å². The van der Waals surface area contributed by atoms with Crippen LogP contribution in [0.15, 0.2) is 23.0 Å². The summed E-state index contributed by atoms with van der Waals surface area (Å²) in [5.74, 6) is 0.134. The zero-order valence-corrected chi connectivity index (χ0v) is 10.9. The molecule has 0 aromatic carbocycles. The van der Waals surface area contributed by atoms with Crippen LogP contribution >= 0.6 is 0 Å². The van der Waals surface area contributed by atoms with E-state index in [1.807, 2.05) is 4.90 Å². The number of hydrogen-bond acceptors (Lipinski definition) is 2. The first kappa shape index (κ1) is 11.8. The second kappa shape index (κ2) is 4.79. The molecule has 1 spiro atoms. The molecule has 1 aliphatic heterocycles. The van der Waals surface area contributed by atoms with Gasteiger partial charge in [0.2, 0.25) is 0 Å². The number of carbonyl (C=O) groups is 1. The Labute approximate surface area is 108 Å². The third-order valence-corrected chi connectivity index (χ3v) is 4.79. The first-order valence-electron chi connectivity index (χ1n) is 7.11. The maximum atomic E-state index is 12.2. The number of piperidine rings is 1. The summed E-state index contributed by atoms with van der Waals surface area (Å²) in [6, 6.07) is 1.76. The van der Waals surface area contributed by atoms with Gasteiger partial charge in [-0.25, -0.2) is 0 Å². The second-order valence-electron chi connectivity index (χ2n) is 5.86. The Morgan fingerprint density at radius 3 is 2.44 bits per heavy atom. The Hall–Kier alpha value is -1.25. The minimum Gasteiger partial charge on any atom is -0.472 e. The Morgan fingerprint density at radius 2 is 1.83 bits per heavy atom. The van der Waals surface area contributed by atoms with Crippen molar-refractivity contribution in [3.05, 3.63) is 24.2 Å². The van der Waals surface area contributed by atoms with Crippen molar-refractivity contribution in [2.75, 3.05) is 13.1 Å². The molecule has 1 aromatic rings. The highest BCUT2D eigenvalue weighted by Gasteiger charge is 2.36. The van der Waals surface area contributed by atoms with E-state index in [4.69, 9.17) is 4.42 Å². The van der Waals surface area contributed by atoms with Crippen LogP contribution in [0.5, 0.6) is 0 Å². The Kier molecular flexibility index (Phi) is 3.14. The van der Waals surface area contributed by atoms with E-state index in [-0.39, 0.29) is 5.91 Å². The van der Waals surface area contributed by atoms with Crippen LogP contribution in [-0.4, -0.2) is 23.9 Å². The number of furan rings is 1. The SMILES string of the molecule is O=C(c1ccoc1)N1CCC2(CCCCC2)CC1. The lowest BCUT2D eigenvalue weighted by Crippen LogP contribution is -2.43. The van der Waals surface area contributed by atoms with Crippen molar-refractivity contribution in [3.8, 4) is 0 Å². The van der Waals surface area contributed by atoms with Gasteiger partial charge in [0.05, 0.1) is 11.8 Å². The van der Waals surface area contributed by atoms with Crippen LogP contribution in [0, 0.1) is 5.41 Å². The maximum absolute atomic E-state index is 12.2. The van der Waals surface area contributed by atoms with Gasteiger partial charge in [0.1, 0.15) is 6.26 Å². The van der Waals surface area contributed by atoms with Crippen molar-refractivity contribution in [1.29, 1.82) is 0 Å². The second-order valence-corrected chi connectivity index (χ2v) is 5.86. The predicted molar refractivity (Wildman–Crippen MR) is 69.4 cm³/mol. The van der Waals surface area contributed by atoms with E-state index in [9.17, 15) is 4.79 Å². The third-order valence-electron chi connectivity index (χ3n) is 4.79. The van der Waals surface area contributed by atoms with Crippen molar-refractivity contribution >= 4 is 5.91 Å². The molecule has 3 nitrogen and oxygen atoms in total. The third kappa shape index (κ3) is 2.18. The molecule has 3 rings (SSSR count). The molecule has 0 atom stereocenters. The lowest BCUT2D eigenvalue weighted by Gasteiger charge is -2.44. The van der Waals surface area contributed by atoms with Crippen molar-refractivity contribution in [2.24, 2.45) is 5.41 Å². The van der Waals surface area contributed by atoms with E-state index < -0.39 is 0 Å². The lowest BCUT2D eigenvalue weighted by atomic mass is 9.68. The smallest absolute Gasteiger partial charge is 0.257 e. The molecule has 2 heterocycles. The number of likely N-dealkylation sites (tertiary alicyclic amines) is 1. The summed E-state index contributed by atoms with van der Waals surface area (Å²) in [6.45, 7) is 1.84. The van der Waals surface area contributed by atoms with Crippen molar-refractivity contribution in [2.45, 2.75) is 44.9 Å². The summed E-state index contributed by atoms with van der Waals surface area (Å²) < 4.78 is 4.99. The Morgan fingerprint density at radius 1 is 1.11 bits per heavy atom. The monoisotopic (exact) mass is 247 g/mol. The minimum atomic E-state index is 0.134. The van der Waals surface area contributed by atoms with Gasteiger partial charge >= 0.3 is 0 Å². The van der Waals surface area contributed by atoms with Crippen LogP contribution in [0.1, 0.15) is 55.3 Å². The average Bonchev–Trinajstić information content (AvgIpc) is 2.94. The molecule has 0 bridgehead atoms. The van der Waals surface area contributed by atoms with E-state index in [2.05, 4.69) is 0 Å². The minimum absolute atomic E-state index is 0.134. The van der Waals surface area contributed by atoms with Crippen LogP contribution in [0.4, 0.5) is 0 Å². The van der Waals surface area contributed by atoms with E-state index >= 15 is 0 Å². The molecule has 1 aliphatic carbocycles. The van der Waals surface area contributed by atoms with Crippen molar-refractivity contribution in [3.63, 3.8) is 0 Å². The maximum Gasteiger partial charge on any atom is 0.257 e. The zero-order chi connectivity index (χ0) is 12.4. The molecule has 0 N–H and O–H groups in total. The largest absolute Gasteiger partial charge is 0.472 e. The highest BCUT2D eigenvalue weighted by atomic mass is 16.3. The van der Waals surface area contributed by atoms with Crippen LogP contribution in [-0.2, 0) is 0 Å². The lowest BCUT2D eigenvalue weighted by molar-refractivity contribution is 0.0471. The molecule has 1 saturated heterocycles. The van der Waals surface area contributed by atoms with Crippen LogP contribution < -0.4 is 0 Å². The summed E-state index contributed by atoms with van der Waals surface area (Å²) in [7, 11) is 0. The van der Waals surface area contributed by atoms with Gasteiger partial charge in [-0.3, -0.25) is 4.79 Å². The molecule has 0 radical (unpaired) electrons. The van der Waals surface area contributed by atoms with Gasteiger partial charge in [0.15, 0.2) is 0 Å². The van der Waals surface area contributed by atoms with Crippen LogP contribution in [0.2, 0.25) is 0 Å². The molecule has 2 fully saturated rings. The fourth-order valence-corrected chi connectivity index (χ4v) is 3.55. The number of amides is 1. The quantitative estimate of drug-likeness (QED) is 0.761. The summed E-state index contributed by atoms with van der Waals surface area (Å²) in [4.78, 5) is 14.2. The van der Waals surface area contributed by atoms with Crippen molar-refractivity contribution < 1.29 is 9.21 Å². The zero-order valence-electron chi connectivity index (χ0n) is 10.9. The number of carbonyl (C=O) groups excluding carboxylic acids is 1. The number of hydrogen-bond donors (Lipinski definition) is 0. The fraction of sp³-hybridized carbons (Fsp3) is 0.667. The average molecular weight is 247 g/mol. The predicted octanol–water partition coefficient (Wildman–Crippen LogP) is 3.47. The van der Waals surface area contributed by atoms with E-state index in [1.54, 1.807) is 18.6 Å². The fourth-order valence-electron chi connectivity index (χ4n) is 3.55. The van der Waals surface area contributed by atoms with Gasteiger partial charge in [-0.05, 0) is 37.2 Å². The molecule has 1 saturated carbocycles. The standard InChI is InChI=1S/C15H21NO2/c17-14(13-4-11-18-12-13)16-9-7-15(8-10-16)5-2-1-3-6-15/h4,11-12H,1-3,5-10H2. The molecule has 1 aromatic heterocycles. The molecule has 0 unspecified atom stereocenters.